The lowest BCUT2D eigenvalue weighted by molar-refractivity contribution is -0.119. The van der Waals surface area contributed by atoms with E-state index in [9.17, 15) is 14.4 Å². The Balaban J connectivity index is 1.55. The van der Waals surface area contributed by atoms with Crippen LogP contribution in [0, 0.1) is 0 Å². The van der Waals surface area contributed by atoms with E-state index in [0.717, 1.165) is 5.56 Å². The van der Waals surface area contributed by atoms with Crippen LogP contribution in [0.25, 0.3) is 6.08 Å². The number of ketones is 1. The van der Waals surface area contributed by atoms with Crippen molar-refractivity contribution in [2.75, 3.05) is 24.6 Å². The second-order valence-corrected chi connectivity index (χ2v) is 7.11. The van der Waals surface area contributed by atoms with E-state index in [0.29, 0.717) is 42.1 Å². The van der Waals surface area contributed by atoms with E-state index in [2.05, 4.69) is 10.3 Å². The first kappa shape index (κ1) is 19.6. The number of nitrogens with one attached hydrogen (secondary N) is 1. The summed E-state index contributed by atoms with van der Waals surface area (Å²) >= 11 is 0. The number of fused-ring (bicyclic) bond motifs is 1. The molecular weight excluding hydrogens is 386 g/mol. The molecule has 0 bridgehead atoms. The summed E-state index contributed by atoms with van der Waals surface area (Å²) in [5.74, 6) is 0.157. The third-order valence-electron chi connectivity index (χ3n) is 4.94. The van der Waals surface area contributed by atoms with Gasteiger partial charge in [0, 0.05) is 37.4 Å². The van der Waals surface area contributed by atoms with E-state index in [1.54, 1.807) is 30.6 Å². The molecule has 3 heterocycles. The maximum Gasteiger partial charge on any atom is 0.414 e. The maximum atomic E-state index is 13.0. The normalized spacial score (nSPS) is 19.7. The molecule has 30 heavy (non-hydrogen) atoms. The lowest BCUT2D eigenvalue weighted by Crippen LogP contribution is -2.33. The Morgan fingerprint density at radius 3 is 2.83 bits per heavy atom. The molecule has 1 aromatic carbocycles. The van der Waals surface area contributed by atoms with E-state index in [1.165, 1.54) is 11.8 Å². The number of carbonyl (C=O) groups excluding carboxylic acids is 3. The summed E-state index contributed by atoms with van der Waals surface area (Å²) in [6.45, 7) is 2.32. The van der Waals surface area contributed by atoms with Crippen LogP contribution in [0.15, 0.2) is 48.3 Å². The number of benzene rings is 1. The number of anilines is 1. The summed E-state index contributed by atoms with van der Waals surface area (Å²) < 4.78 is 11.1. The van der Waals surface area contributed by atoms with Crippen LogP contribution < -0.4 is 15.0 Å². The number of amides is 2. The van der Waals surface area contributed by atoms with Gasteiger partial charge in [-0.1, -0.05) is 0 Å². The summed E-state index contributed by atoms with van der Waals surface area (Å²) in [6.07, 6.45) is 4.76. The molecule has 2 aliphatic heterocycles. The fourth-order valence-corrected chi connectivity index (χ4v) is 3.44. The number of carbonyl (C=O) groups is 3. The molecule has 1 saturated heterocycles. The second-order valence-electron chi connectivity index (χ2n) is 7.11. The molecule has 0 spiro atoms. The molecule has 8 nitrogen and oxygen atoms in total. The van der Waals surface area contributed by atoms with Gasteiger partial charge in [0.25, 0.3) is 0 Å². The van der Waals surface area contributed by atoms with E-state index in [1.807, 2.05) is 18.2 Å². The van der Waals surface area contributed by atoms with E-state index in [-0.39, 0.29) is 18.2 Å². The van der Waals surface area contributed by atoms with Crippen molar-refractivity contribution in [1.29, 1.82) is 0 Å². The van der Waals surface area contributed by atoms with Crippen LogP contribution in [0.4, 0.5) is 10.5 Å². The molecule has 154 valence electrons. The molecular formula is C22H21N3O5. The van der Waals surface area contributed by atoms with Crippen molar-refractivity contribution in [2.45, 2.75) is 19.4 Å². The van der Waals surface area contributed by atoms with E-state index < -0.39 is 12.2 Å². The molecule has 1 atom stereocenters. The van der Waals surface area contributed by atoms with Gasteiger partial charge in [-0.3, -0.25) is 19.5 Å². The predicted molar refractivity (Wildman–Crippen MR) is 109 cm³/mol. The van der Waals surface area contributed by atoms with E-state index in [4.69, 9.17) is 9.47 Å². The van der Waals surface area contributed by atoms with Gasteiger partial charge in [-0.15, -0.1) is 0 Å². The molecule has 2 aliphatic rings. The number of rotatable bonds is 4. The van der Waals surface area contributed by atoms with Gasteiger partial charge in [0.15, 0.2) is 5.78 Å². The van der Waals surface area contributed by atoms with Crippen LogP contribution in [0.2, 0.25) is 0 Å². The summed E-state index contributed by atoms with van der Waals surface area (Å²) in [5, 5.41) is 2.65. The highest BCUT2D eigenvalue weighted by molar-refractivity contribution is 6.13. The van der Waals surface area contributed by atoms with Crippen molar-refractivity contribution in [3.8, 4) is 5.75 Å². The topological polar surface area (TPSA) is 97.8 Å². The van der Waals surface area contributed by atoms with Crippen molar-refractivity contribution in [3.63, 3.8) is 0 Å². The number of pyridine rings is 1. The average Bonchev–Trinajstić information content (AvgIpc) is 3.04. The second kappa shape index (κ2) is 8.36. The van der Waals surface area contributed by atoms with Gasteiger partial charge in [-0.05, 0) is 35.9 Å². The number of hydrogen-bond acceptors (Lipinski definition) is 6. The molecule has 8 heteroatoms. The first-order valence-electron chi connectivity index (χ1n) is 9.66. The van der Waals surface area contributed by atoms with Gasteiger partial charge in [0.05, 0.1) is 30.9 Å². The Morgan fingerprint density at radius 2 is 2.07 bits per heavy atom. The lowest BCUT2D eigenvalue weighted by Gasteiger charge is -2.15. The number of cyclic esters (lactones) is 1. The third-order valence-corrected chi connectivity index (χ3v) is 4.94. The molecule has 2 aromatic rings. The fourth-order valence-electron chi connectivity index (χ4n) is 3.44. The number of ether oxygens (including phenoxy) is 2. The van der Waals surface area contributed by atoms with Crippen molar-refractivity contribution >= 4 is 29.5 Å². The van der Waals surface area contributed by atoms with Crippen LogP contribution >= 0.6 is 0 Å². The number of aromatic nitrogens is 1. The monoisotopic (exact) mass is 407 g/mol. The zero-order valence-electron chi connectivity index (χ0n) is 16.5. The Bertz CT molecular complexity index is 1020. The van der Waals surface area contributed by atoms with Gasteiger partial charge in [0.2, 0.25) is 5.91 Å². The zero-order chi connectivity index (χ0) is 21.1. The minimum absolute atomic E-state index is 0.0987. The van der Waals surface area contributed by atoms with Crippen LogP contribution in [-0.2, 0) is 9.53 Å². The maximum absolute atomic E-state index is 13.0. The molecule has 4 rings (SSSR count). The summed E-state index contributed by atoms with van der Waals surface area (Å²) in [4.78, 5) is 41.8. The number of hydrogen-bond donors (Lipinski definition) is 1. The third kappa shape index (κ3) is 4.17. The highest BCUT2D eigenvalue weighted by Gasteiger charge is 2.33. The van der Waals surface area contributed by atoms with Crippen molar-refractivity contribution in [3.05, 3.63) is 59.4 Å². The van der Waals surface area contributed by atoms with Crippen LogP contribution in [0.1, 0.15) is 29.3 Å². The van der Waals surface area contributed by atoms with Crippen molar-refractivity contribution < 1.29 is 23.9 Å². The van der Waals surface area contributed by atoms with Crippen molar-refractivity contribution in [2.24, 2.45) is 0 Å². The highest BCUT2D eigenvalue weighted by atomic mass is 16.6. The molecule has 1 fully saturated rings. The quantitative estimate of drug-likeness (QED) is 0.783. The molecule has 1 unspecified atom stereocenters. The Kier molecular flexibility index (Phi) is 5.47. The molecule has 1 aromatic heterocycles. The van der Waals surface area contributed by atoms with Crippen molar-refractivity contribution in [1.82, 2.24) is 10.3 Å². The smallest absolute Gasteiger partial charge is 0.414 e. The summed E-state index contributed by atoms with van der Waals surface area (Å²) in [5.41, 5.74) is 2.60. The van der Waals surface area contributed by atoms with Gasteiger partial charge in [-0.25, -0.2) is 4.79 Å². The lowest BCUT2D eigenvalue weighted by atomic mass is 9.99. The zero-order valence-corrected chi connectivity index (χ0v) is 16.5. The molecule has 0 aliphatic carbocycles. The van der Waals surface area contributed by atoms with Gasteiger partial charge < -0.3 is 14.8 Å². The summed E-state index contributed by atoms with van der Waals surface area (Å²) in [6, 6.07) is 8.74. The molecule has 0 saturated carbocycles. The number of nitrogens with zero attached hydrogens (tertiary/aromatic N) is 2. The van der Waals surface area contributed by atoms with Gasteiger partial charge >= 0.3 is 6.09 Å². The summed E-state index contributed by atoms with van der Waals surface area (Å²) in [7, 11) is 0. The Hall–Kier alpha value is -3.68. The Labute approximate surface area is 173 Å². The largest absolute Gasteiger partial charge is 0.492 e. The first-order valence-corrected chi connectivity index (χ1v) is 9.66. The average molecular weight is 407 g/mol. The molecule has 0 radical (unpaired) electrons. The van der Waals surface area contributed by atoms with Crippen LogP contribution in [0.3, 0.4) is 0 Å². The molecule has 2 amide bonds. The SMILES string of the molecule is CC(=O)NCC1CN(c2ccc3c(c2)OCCC(=Cc2ccncc2)C3=O)C(=O)O1. The minimum Gasteiger partial charge on any atom is -0.492 e. The van der Waals surface area contributed by atoms with Gasteiger partial charge in [-0.2, -0.15) is 0 Å². The Morgan fingerprint density at radius 1 is 1.27 bits per heavy atom. The number of Topliss-reactive ketones (excluding diaryl/α,β-unsaturated/α-hetero) is 1. The van der Waals surface area contributed by atoms with E-state index >= 15 is 0 Å². The standard InChI is InChI=1S/C22H21N3O5/c1-14(26)24-12-18-13-25(22(28)30-18)17-2-3-19-20(11-17)29-9-6-16(21(19)27)10-15-4-7-23-8-5-15/h2-5,7-8,10-11,18H,6,9,12-13H2,1H3,(H,24,26). The fraction of sp³-hybridized carbons (Fsp3) is 0.273. The highest BCUT2D eigenvalue weighted by Crippen LogP contribution is 2.33. The predicted octanol–water partition coefficient (Wildman–Crippen LogP) is 2.59. The van der Waals surface area contributed by atoms with Crippen LogP contribution in [-0.4, -0.2) is 48.6 Å². The molecule has 1 N–H and O–H groups in total. The minimum atomic E-state index is -0.497. The first-order chi connectivity index (χ1) is 14.5. The van der Waals surface area contributed by atoms with Crippen LogP contribution in [0.5, 0.6) is 5.75 Å². The van der Waals surface area contributed by atoms with Gasteiger partial charge in [0.1, 0.15) is 11.9 Å².